The van der Waals surface area contributed by atoms with E-state index in [4.69, 9.17) is 14.2 Å². The van der Waals surface area contributed by atoms with E-state index >= 15 is 0 Å². The Morgan fingerprint density at radius 3 is 2.54 bits per heavy atom. The van der Waals surface area contributed by atoms with Crippen LogP contribution in [0.5, 0.6) is 5.75 Å². The summed E-state index contributed by atoms with van der Waals surface area (Å²) in [5.74, 6) is 0.0729. The third-order valence-corrected chi connectivity index (χ3v) is 4.37. The number of carbonyl (C=O) groups excluding carboxylic acids is 1. The van der Waals surface area contributed by atoms with Crippen molar-refractivity contribution in [1.82, 2.24) is 0 Å². The summed E-state index contributed by atoms with van der Waals surface area (Å²) in [5.41, 5.74) is 1.75. The van der Waals surface area contributed by atoms with Crippen LogP contribution in [0.1, 0.15) is 15.9 Å². The topological polar surface area (TPSA) is 91.1 Å². The maximum Gasteiger partial charge on any atom is 0.340 e. The molecule has 1 fully saturated rings. The molecule has 28 heavy (non-hydrogen) atoms. The summed E-state index contributed by atoms with van der Waals surface area (Å²) in [4.78, 5) is 25.1. The van der Waals surface area contributed by atoms with Gasteiger partial charge < -0.3 is 19.1 Å². The zero-order valence-electron chi connectivity index (χ0n) is 15.6. The normalized spacial score (nSPS) is 13.8. The fourth-order valence-corrected chi connectivity index (χ4v) is 2.89. The Bertz CT molecular complexity index is 831. The highest BCUT2D eigenvalue weighted by atomic mass is 16.6. The lowest BCUT2D eigenvalue weighted by atomic mass is 10.1. The minimum absolute atomic E-state index is 0.0396. The van der Waals surface area contributed by atoms with Gasteiger partial charge in [-0.25, -0.2) is 4.79 Å². The van der Waals surface area contributed by atoms with Gasteiger partial charge in [-0.1, -0.05) is 17.7 Å². The van der Waals surface area contributed by atoms with Crippen LogP contribution in [-0.2, 0) is 9.47 Å². The Balaban J connectivity index is 1.65. The molecule has 0 atom stereocenters. The van der Waals surface area contributed by atoms with Crippen LogP contribution in [-0.4, -0.2) is 50.4 Å². The number of carbonyl (C=O) groups is 1. The zero-order chi connectivity index (χ0) is 19.9. The second-order valence-electron chi connectivity index (χ2n) is 6.36. The SMILES string of the molecule is Cc1ccc(OCCOC(=O)c2cc([N+](=O)[O-])ccc2N2CCOCC2)cc1. The molecule has 0 amide bonds. The number of morpholine rings is 1. The van der Waals surface area contributed by atoms with Gasteiger partial charge in [-0.05, 0) is 25.1 Å². The fraction of sp³-hybridized carbons (Fsp3) is 0.350. The standard InChI is InChI=1S/C20H22N2O6/c1-15-2-5-17(6-3-15)27-12-13-28-20(23)18-14-16(22(24)25)4-7-19(18)21-8-10-26-11-9-21/h2-7,14H,8-13H2,1H3. The van der Waals surface area contributed by atoms with Crippen LogP contribution in [0, 0.1) is 17.0 Å². The minimum atomic E-state index is -0.613. The van der Waals surface area contributed by atoms with Crippen molar-refractivity contribution in [2.24, 2.45) is 0 Å². The zero-order valence-corrected chi connectivity index (χ0v) is 15.6. The monoisotopic (exact) mass is 386 g/mol. The lowest BCUT2D eigenvalue weighted by molar-refractivity contribution is -0.384. The molecule has 0 bridgehead atoms. The predicted molar refractivity (Wildman–Crippen MR) is 103 cm³/mol. The van der Waals surface area contributed by atoms with Crippen LogP contribution in [0.2, 0.25) is 0 Å². The van der Waals surface area contributed by atoms with Gasteiger partial charge >= 0.3 is 5.97 Å². The summed E-state index contributed by atoms with van der Waals surface area (Å²) < 4.78 is 16.2. The number of ether oxygens (including phenoxy) is 3. The molecule has 0 N–H and O–H groups in total. The van der Waals surface area contributed by atoms with Gasteiger partial charge in [-0.2, -0.15) is 0 Å². The highest BCUT2D eigenvalue weighted by molar-refractivity contribution is 5.96. The average molecular weight is 386 g/mol. The summed E-state index contributed by atoms with van der Waals surface area (Å²) in [7, 11) is 0. The molecule has 0 aliphatic carbocycles. The molecular formula is C20H22N2O6. The van der Waals surface area contributed by atoms with Crippen LogP contribution >= 0.6 is 0 Å². The first-order chi connectivity index (χ1) is 13.5. The van der Waals surface area contributed by atoms with Gasteiger partial charge in [-0.15, -0.1) is 0 Å². The first-order valence-corrected chi connectivity index (χ1v) is 9.02. The summed E-state index contributed by atoms with van der Waals surface area (Å²) in [6, 6.07) is 11.8. The van der Waals surface area contributed by atoms with Crippen molar-refractivity contribution < 1.29 is 23.9 Å². The maximum atomic E-state index is 12.6. The van der Waals surface area contributed by atoms with Gasteiger partial charge in [0, 0.05) is 25.2 Å². The number of nitro groups is 1. The van der Waals surface area contributed by atoms with Gasteiger partial charge in [0.15, 0.2) is 0 Å². The number of aryl methyl sites for hydroxylation is 1. The Morgan fingerprint density at radius 2 is 1.86 bits per heavy atom. The summed E-state index contributed by atoms with van der Waals surface area (Å²) >= 11 is 0. The van der Waals surface area contributed by atoms with Crippen molar-refractivity contribution in [3.05, 3.63) is 63.7 Å². The molecule has 8 nitrogen and oxygen atoms in total. The third-order valence-electron chi connectivity index (χ3n) is 4.37. The molecule has 2 aromatic carbocycles. The number of esters is 1. The molecule has 0 radical (unpaired) electrons. The van der Waals surface area contributed by atoms with Crippen molar-refractivity contribution in [2.45, 2.75) is 6.92 Å². The maximum absolute atomic E-state index is 12.6. The fourth-order valence-electron chi connectivity index (χ4n) is 2.89. The Morgan fingerprint density at radius 1 is 1.14 bits per heavy atom. The number of hydrogen-bond acceptors (Lipinski definition) is 7. The smallest absolute Gasteiger partial charge is 0.340 e. The average Bonchev–Trinajstić information content (AvgIpc) is 2.72. The van der Waals surface area contributed by atoms with Crippen LogP contribution in [0.3, 0.4) is 0 Å². The molecule has 2 aromatic rings. The Kier molecular flexibility index (Phi) is 6.44. The molecule has 3 rings (SSSR count). The van der Waals surface area contributed by atoms with Crippen LogP contribution < -0.4 is 9.64 Å². The molecule has 1 saturated heterocycles. The van der Waals surface area contributed by atoms with Crippen molar-refractivity contribution >= 4 is 17.3 Å². The van der Waals surface area contributed by atoms with E-state index in [1.807, 2.05) is 36.1 Å². The number of rotatable bonds is 7. The van der Waals surface area contributed by atoms with Gasteiger partial charge in [0.05, 0.1) is 29.4 Å². The molecule has 8 heteroatoms. The molecule has 0 aromatic heterocycles. The minimum Gasteiger partial charge on any atom is -0.490 e. The number of anilines is 1. The molecule has 1 aliphatic heterocycles. The van der Waals surface area contributed by atoms with Crippen molar-refractivity contribution in [1.29, 1.82) is 0 Å². The highest BCUT2D eigenvalue weighted by Gasteiger charge is 2.23. The molecule has 0 saturated carbocycles. The van der Waals surface area contributed by atoms with Gasteiger partial charge in [-0.3, -0.25) is 10.1 Å². The molecule has 1 aliphatic rings. The Hall–Kier alpha value is -3.13. The van der Waals surface area contributed by atoms with Crippen LogP contribution in [0.15, 0.2) is 42.5 Å². The van der Waals surface area contributed by atoms with E-state index in [9.17, 15) is 14.9 Å². The number of nitrogens with zero attached hydrogens (tertiary/aromatic N) is 2. The van der Waals surface area contributed by atoms with Gasteiger partial charge in [0.1, 0.15) is 19.0 Å². The molecule has 0 spiro atoms. The summed E-state index contributed by atoms with van der Waals surface area (Å²) in [5, 5.41) is 11.1. The first-order valence-electron chi connectivity index (χ1n) is 9.02. The molecule has 1 heterocycles. The van der Waals surface area contributed by atoms with E-state index in [-0.39, 0.29) is 24.5 Å². The first kappa shape index (κ1) is 19.6. The van der Waals surface area contributed by atoms with E-state index in [2.05, 4.69) is 0 Å². The van der Waals surface area contributed by atoms with E-state index in [1.165, 1.54) is 12.1 Å². The van der Waals surface area contributed by atoms with E-state index in [0.29, 0.717) is 37.7 Å². The lowest BCUT2D eigenvalue weighted by Crippen LogP contribution is -2.37. The molecule has 148 valence electrons. The largest absolute Gasteiger partial charge is 0.490 e. The van der Waals surface area contributed by atoms with Crippen molar-refractivity contribution in [2.75, 3.05) is 44.4 Å². The second kappa shape index (κ2) is 9.18. The number of non-ortho nitro benzene ring substituents is 1. The summed E-state index contributed by atoms with van der Waals surface area (Å²) in [6.07, 6.45) is 0. The van der Waals surface area contributed by atoms with Crippen LogP contribution in [0.4, 0.5) is 11.4 Å². The predicted octanol–water partition coefficient (Wildman–Crippen LogP) is 2.98. The van der Waals surface area contributed by atoms with Gasteiger partial charge in [0.25, 0.3) is 5.69 Å². The number of hydrogen-bond donors (Lipinski definition) is 0. The summed E-state index contributed by atoms with van der Waals surface area (Å²) in [6.45, 7) is 4.50. The van der Waals surface area contributed by atoms with E-state index in [0.717, 1.165) is 5.56 Å². The van der Waals surface area contributed by atoms with Crippen molar-refractivity contribution in [3.8, 4) is 5.75 Å². The highest BCUT2D eigenvalue weighted by Crippen LogP contribution is 2.27. The number of nitro benzene ring substituents is 1. The van der Waals surface area contributed by atoms with E-state index in [1.54, 1.807) is 6.07 Å². The lowest BCUT2D eigenvalue weighted by Gasteiger charge is -2.30. The van der Waals surface area contributed by atoms with Crippen LogP contribution in [0.25, 0.3) is 0 Å². The third kappa shape index (κ3) is 4.98. The van der Waals surface area contributed by atoms with Gasteiger partial charge in [0.2, 0.25) is 0 Å². The molecule has 0 unspecified atom stereocenters. The number of benzene rings is 2. The van der Waals surface area contributed by atoms with E-state index < -0.39 is 10.9 Å². The molecular weight excluding hydrogens is 364 g/mol. The Labute approximate surface area is 162 Å². The quantitative estimate of drug-likeness (QED) is 0.313. The van der Waals surface area contributed by atoms with Crippen molar-refractivity contribution in [3.63, 3.8) is 0 Å². The second-order valence-corrected chi connectivity index (χ2v) is 6.36.